The molecule has 0 aliphatic heterocycles. The van der Waals surface area contributed by atoms with Gasteiger partial charge in [-0.15, -0.1) is 0 Å². The summed E-state index contributed by atoms with van der Waals surface area (Å²) in [5.74, 6) is -2.37. The Hall–Kier alpha value is -4.20. The average Bonchev–Trinajstić information content (AvgIpc) is 3.03. The number of carbonyl (C=O) groups excluding carboxylic acids is 5. The van der Waals surface area contributed by atoms with E-state index in [1.807, 2.05) is 32.9 Å². The van der Waals surface area contributed by atoms with Crippen molar-refractivity contribution >= 4 is 41.1 Å². The van der Waals surface area contributed by atoms with Crippen molar-refractivity contribution in [1.29, 1.82) is 0 Å². The van der Waals surface area contributed by atoms with Crippen molar-refractivity contribution in [2.24, 2.45) is 5.92 Å². The Morgan fingerprint density at radius 3 is 2.26 bits per heavy atom. The van der Waals surface area contributed by atoms with E-state index in [9.17, 15) is 24.0 Å². The first-order chi connectivity index (χ1) is 22.4. The number of amides is 5. The fourth-order valence-corrected chi connectivity index (χ4v) is 4.65. The smallest absolute Gasteiger partial charge is 0.251 e. The van der Waals surface area contributed by atoms with E-state index >= 15 is 0 Å². The topological polar surface area (TPSA) is 190 Å². The molecule has 1 aromatic rings. The fourth-order valence-electron chi connectivity index (χ4n) is 4.44. The van der Waals surface area contributed by atoms with Crippen molar-refractivity contribution in [1.82, 2.24) is 37.4 Å². The summed E-state index contributed by atoms with van der Waals surface area (Å²) in [7, 11) is 0. The van der Waals surface area contributed by atoms with Crippen LogP contribution in [0.25, 0.3) is 0 Å². The monoisotopic (exact) mass is 675 g/mol. The second kappa shape index (κ2) is 22.3. The Morgan fingerprint density at radius 1 is 0.957 bits per heavy atom. The van der Waals surface area contributed by atoms with Crippen molar-refractivity contribution in [3.63, 3.8) is 0 Å². The van der Waals surface area contributed by atoms with Gasteiger partial charge in [-0.05, 0) is 56.4 Å². The zero-order chi connectivity index (χ0) is 35.4. The van der Waals surface area contributed by atoms with Crippen molar-refractivity contribution in [3.05, 3.63) is 71.4 Å². The number of rotatable bonds is 21. The molecule has 0 saturated carbocycles. The lowest BCUT2D eigenvalue weighted by Gasteiger charge is -2.27. The van der Waals surface area contributed by atoms with Gasteiger partial charge >= 0.3 is 0 Å². The number of carbonyl (C=O) groups is 5. The summed E-state index contributed by atoms with van der Waals surface area (Å²) in [6.45, 7) is 12.8. The average molecular weight is 676 g/mol. The third-order valence-electron chi connectivity index (χ3n) is 6.97. The number of hydrogen-bond donors (Lipinski definition) is 8. The fraction of sp³-hybridized carbons (Fsp3) is 0.485. The summed E-state index contributed by atoms with van der Waals surface area (Å²) in [6.07, 6.45) is 6.46. The van der Waals surface area contributed by atoms with Crippen molar-refractivity contribution in [2.75, 3.05) is 19.6 Å². The van der Waals surface area contributed by atoms with E-state index in [0.29, 0.717) is 30.8 Å². The van der Waals surface area contributed by atoms with E-state index in [1.165, 1.54) is 18.2 Å². The van der Waals surface area contributed by atoms with Crippen LogP contribution in [0, 0.1) is 5.92 Å². The van der Waals surface area contributed by atoms with Crippen LogP contribution >= 0.6 is 11.6 Å². The molecule has 0 fully saturated rings. The third kappa shape index (κ3) is 15.3. The van der Waals surface area contributed by atoms with Gasteiger partial charge < -0.3 is 31.9 Å². The van der Waals surface area contributed by atoms with Crippen molar-refractivity contribution in [2.45, 2.75) is 78.0 Å². The van der Waals surface area contributed by atoms with E-state index in [4.69, 9.17) is 16.8 Å². The van der Waals surface area contributed by atoms with Crippen LogP contribution in [0.5, 0.6) is 0 Å². The molecule has 0 aliphatic carbocycles. The van der Waals surface area contributed by atoms with Crippen molar-refractivity contribution in [3.8, 4) is 0 Å². The molecule has 47 heavy (non-hydrogen) atoms. The first-order valence-corrected chi connectivity index (χ1v) is 16.1. The molecule has 1 rings (SSSR count). The van der Waals surface area contributed by atoms with Gasteiger partial charge in [0.05, 0.1) is 12.6 Å². The zero-order valence-electron chi connectivity index (χ0n) is 27.8. The Labute approximate surface area is 282 Å². The van der Waals surface area contributed by atoms with Gasteiger partial charge in [0, 0.05) is 35.9 Å². The summed E-state index contributed by atoms with van der Waals surface area (Å²) in [5.41, 5.74) is 2.71. The summed E-state index contributed by atoms with van der Waals surface area (Å²) in [6, 6.07) is 4.38. The number of benzene rings is 1. The molecule has 0 spiro atoms. The minimum Gasteiger partial charge on any atom is -0.355 e. The maximum atomic E-state index is 13.5. The molecule has 4 atom stereocenters. The summed E-state index contributed by atoms with van der Waals surface area (Å²) >= 11 is 6.42. The molecule has 5 amide bonds. The van der Waals surface area contributed by atoms with Gasteiger partial charge in [0.15, 0.2) is 0 Å². The second-order valence-electron chi connectivity index (χ2n) is 11.2. The van der Waals surface area contributed by atoms with Crippen LogP contribution < -0.4 is 37.4 Å². The number of hydroxylamine groups is 1. The molecule has 0 heterocycles. The Morgan fingerprint density at radius 2 is 1.66 bits per heavy atom. The van der Waals surface area contributed by atoms with Gasteiger partial charge in [-0.3, -0.25) is 34.7 Å². The van der Waals surface area contributed by atoms with Crippen molar-refractivity contribution < 1.29 is 29.2 Å². The molecule has 8 N–H and O–H groups in total. The summed E-state index contributed by atoms with van der Waals surface area (Å²) < 4.78 is 0. The maximum Gasteiger partial charge on any atom is 0.251 e. The van der Waals surface area contributed by atoms with Gasteiger partial charge in [0.2, 0.25) is 23.6 Å². The van der Waals surface area contributed by atoms with Gasteiger partial charge in [-0.2, -0.15) is 0 Å². The lowest BCUT2D eigenvalue weighted by atomic mass is 10.0. The number of allylic oxidation sites excluding steroid dienone is 2. The predicted molar refractivity (Wildman–Crippen MR) is 182 cm³/mol. The highest BCUT2D eigenvalue weighted by Crippen LogP contribution is 2.17. The number of hydrogen-bond acceptors (Lipinski definition) is 8. The van der Waals surface area contributed by atoms with Gasteiger partial charge in [-0.1, -0.05) is 69.6 Å². The minimum atomic E-state index is -0.899. The van der Waals surface area contributed by atoms with Crippen LogP contribution in [0.1, 0.15) is 53.0 Å². The highest BCUT2D eigenvalue weighted by Gasteiger charge is 2.27. The lowest BCUT2D eigenvalue weighted by Crippen LogP contribution is -2.56. The number of halogens is 1. The second-order valence-corrected chi connectivity index (χ2v) is 11.6. The van der Waals surface area contributed by atoms with Crippen LogP contribution in [-0.2, 0) is 30.4 Å². The molecule has 0 unspecified atom stereocenters. The predicted octanol–water partition coefficient (Wildman–Crippen LogP) is 1.63. The Bertz CT molecular complexity index is 1270. The zero-order valence-corrected chi connectivity index (χ0v) is 28.6. The van der Waals surface area contributed by atoms with E-state index in [-0.39, 0.29) is 29.9 Å². The minimum absolute atomic E-state index is 0.130. The molecule has 0 radical (unpaired) electrons. The van der Waals surface area contributed by atoms with E-state index < -0.39 is 48.4 Å². The molecule has 13 nitrogen and oxygen atoms in total. The first-order valence-electron chi connectivity index (χ1n) is 15.7. The Kier molecular flexibility index (Phi) is 19.4. The SMILES string of the molecule is C=C/C=C(\C=C/NO)C(=O)NCC(=O)N[C@@H](CCC)C(=O)N[C@H](CN[C@@H](C)C(=O)N[C@H](C(=O)NCC)C(C)C)Cc1ccccc1Cl. The standard InChI is InChI=1S/C33H50ClN7O6/c1-7-12-23(16-17-38-47)31(44)37-20-28(42)40-27(13-8-2)32(45)39-25(18-24-14-10-11-15-26(24)34)19-36-22(6)30(43)41-29(21(4)5)33(46)35-9-3/h7,10-12,14-17,21-22,25,27,29,36,38,47H,1,8-9,13,18-20H2,2-6H3,(H,35,46)(H,37,44)(H,39,45)(H,40,42)(H,41,43)/b17-16-,23-12+/t22-,25-,27-,29-/m0/s1. The number of nitrogens with one attached hydrogen (secondary N) is 7. The molecule has 14 heteroatoms. The van der Waals surface area contributed by atoms with Crippen LogP contribution in [-0.4, -0.2) is 78.5 Å². The molecule has 0 saturated heterocycles. The van der Waals surface area contributed by atoms with Crippen LogP contribution in [0.3, 0.4) is 0 Å². The largest absolute Gasteiger partial charge is 0.355 e. The molecule has 260 valence electrons. The van der Waals surface area contributed by atoms with Crippen LogP contribution in [0.15, 0.2) is 60.8 Å². The molecular formula is C33H50ClN7O6. The van der Waals surface area contributed by atoms with Gasteiger partial charge in [-0.25, -0.2) is 0 Å². The number of likely N-dealkylation sites (N-methyl/N-ethyl adjacent to an activating group) is 1. The van der Waals surface area contributed by atoms with Crippen LogP contribution in [0.4, 0.5) is 0 Å². The summed E-state index contributed by atoms with van der Waals surface area (Å²) in [4.78, 5) is 64.1. The highest BCUT2D eigenvalue weighted by atomic mass is 35.5. The van der Waals surface area contributed by atoms with Gasteiger partial charge in [0.25, 0.3) is 5.91 Å². The quantitative estimate of drug-likeness (QED) is 0.0548. The summed E-state index contributed by atoms with van der Waals surface area (Å²) in [5, 5.41) is 26.1. The lowest BCUT2D eigenvalue weighted by molar-refractivity contribution is -0.131. The third-order valence-corrected chi connectivity index (χ3v) is 7.34. The van der Waals surface area contributed by atoms with Gasteiger partial charge in [0.1, 0.15) is 12.1 Å². The molecule has 0 bridgehead atoms. The molecular weight excluding hydrogens is 626 g/mol. The Balaban J connectivity index is 3.00. The normalized spacial score (nSPS) is 14.0. The van der Waals surface area contributed by atoms with Crippen LogP contribution in [0.2, 0.25) is 5.02 Å². The van der Waals surface area contributed by atoms with E-state index in [0.717, 1.165) is 11.8 Å². The maximum absolute atomic E-state index is 13.5. The highest BCUT2D eigenvalue weighted by molar-refractivity contribution is 6.31. The molecule has 0 aliphatic rings. The molecule has 0 aromatic heterocycles. The van der Waals surface area contributed by atoms with E-state index in [1.54, 1.807) is 31.5 Å². The molecule has 1 aromatic carbocycles. The van der Waals surface area contributed by atoms with E-state index in [2.05, 4.69) is 38.5 Å². The first kappa shape index (κ1) is 40.8.